The number of nitrogens with one attached hydrogen (secondary N) is 3. The van der Waals surface area contributed by atoms with Crippen LogP contribution in [0.3, 0.4) is 0 Å². The van der Waals surface area contributed by atoms with Gasteiger partial charge in [-0.25, -0.2) is 4.79 Å². The van der Waals surface area contributed by atoms with Crippen LogP contribution in [0.4, 0.5) is 0 Å². The standard InChI is InChI=1S/C27H42N6O6/c1-17(2)23(29)26(37)31-19(11-6-7-13-28)24(35)30-16-22(34)33-14-8-12-21(33)25(36)32-20(27(38)39)15-18-9-4-3-5-10-18/h3-5,9-10,17,19-21,23H,6-8,11-16,28-29H2,1-2H3,(H,30,35)(H,31,37)(H,32,36)(H,38,39)/t19-,20-,21-,23-/m0/s1. The van der Waals surface area contributed by atoms with Gasteiger partial charge in [-0.05, 0) is 50.1 Å². The van der Waals surface area contributed by atoms with Gasteiger partial charge in [-0.15, -0.1) is 0 Å². The molecule has 1 heterocycles. The molecular formula is C27H42N6O6. The third-order valence-corrected chi connectivity index (χ3v) is 6.79. The number of carboxylic acids is 1. The molecule has 12 nitrogen and oxygen atoms in total. The number of benzene rings is 1. The molecule has 39 heavy (non-hydrogen) atoms. The lowest BCUT2D eigenvalue weighted by molar-refractivity contribution is -0.144. The van der Waals surface area contributed by atoms with Crippen molar-refractivity contribution in [3.8, 4) is 0 Å². The van der Waals surface area contributed by atoms with Crippen LogP contribution in [0, 0.1) is 5.92 Å². The molecule has 1 aromatic carbocycles. The smallest absolute Gasteiger partial charge is 0.326 e. The van der Waals surface area contributed by atoms with Gasteiger partial charge < -0.3 is 37.4 Å². The van der Waals surface area contributed by atoms with Crippen LogP contribution in [0.2, 0.25) is 0 Å². The van der Waals surface area contributed by atoms with Gasteiger partial charge in [0.1, 0.15) is 18.1 Å². The highest BCUT2D eigenvalue weighted by Crippen LogP contribution is 2.18. The first kappa shape index (κ1) is 31.7. The highest BCUT2D eigenvalue weighted by Gasteiger charge is 2.36. The molecule has 1 saturated heterocycles. The van der Waals surface area contributed by atoms with Gasteiger partial charge in [0.05, 0.1) is 12.6 Å². The Kier molecular flexibility index (Phi) is 12.8. The number of carboxylic acid groups (broad SMARTS) is 1. The molecule has 1 aliphatic heterocycles. The molecule has 12 heteroatoms. The van der Waals surface area contributed by atoms with Crippen LogP contribution < -0.4 is 27.4 Å². The summed E-state index contributed by atoms with van der Waals surface area (Å²) in [6.45, 7) is 3.99. The van der Waals surface area contributed by atoms with Crippen LogP contribution in [-0.4, -0.2) is 83.4 Å². The monoisotopic (exact) mass is 546 g/mol. The van der Waals surface area contributed by atoms with E-state index < -0.39 is 53.8 Å². The van der Waals surface area contributed by atoms with Gasteiger partial charge >= 0.3 is 5.97 Å². The lowest BCUT2D eigenvalue weighted by Crippen LogP contribution is -2.55. The molecule has 216 valence electrons. The summed E-state index contributed by atoms with van der Waals surface area (Å²) < 4.78 is 0. The van der Waals surface area contributed by atoms with Crippen molar-refractivity contribution in [1.29, 1.82) is 0 Å². The predicted molar refractivity (Wildman–Crippen MR) is 145 cm³/mol. The molecular weight excluding hydrogens is 504 g/mol. The molecule has 4 amide bonds. The summed E-state index contributed by atoms with van der Waals surface area (Å²) in [5.41, 5.74) is 12.2. The molecule has 1 fully saturated rings. The first-order valence-electron chi connectivity index (χ1n) is 13.5. The summed E-state index contributed by atoms with van der Waals surface area (Å²) in [6.07, 6.45) is 2.66. The minimum atomic E-state index is -1.17. The maximum Gasteiger partial charge on any atom is 0.326 e. The second kappa shape index (κ2) is 15.8. The van der Waals surface area contributed by atoms with Gasteiger partial charge in [0.15, 0.2) is 0 Å². The van der Waals surface area contributed by atoms with Gasteiger partial charge in [0, 0.05) is 13.0 Å². The zero-order valence-corrected chi connectivity index (χ0v) is 22.7. The second-order valence-electron chi connectivity index (χ2n) is 10.2. The van der Waals surface area contributed by atoms with E-state index in [-0.39, 0.29) is 18.9 Å². The summed E-state index contributed by atoms with van der Waals surface area (Å²) in [5.74, 6) is -3.30. The number of nitrogens with two attached hydrogens (primary N) is 2. The number of carbonyl (C=O) groups is 5. The minimum absolute atomic E-state index is 0.108. The van der Waals surface area contributed by atoms with Crippen LogP contribution in [0.15, 0.2) is 30.3 Å². The van der Waals surface area contributed by atoms with Gasteiger partial charge in [-0.1, -0.05) is 44.2 Å². The zero-order valence-electron chi connectivity index (χ0n) is 22.7. The summed E-state index contributed by atoms with van der Waals surface area (Å²) in [4.78, 5) is 64.4. The number of nitrogens with zero attached hydrogens (tertiary/aromatic N) is 1. The lowest BCUT2D eigenvalue weighted by Gasteiger charge is -2.26. The fourth-order valence-electron chi connectivity index (χ4n) is 4.38. The molecule has 2 rings (SSSR count). The van der Waals surface area contributed by atoms with E-state index in [2.05, 4.69) is 16.0 Å². The van der Waals surface area contributed by atoms with Crippen molar-refractivity contribution in [3.05, 3.63) is 35.9 Å². The molecule has 0 spiro atoms. The normalized spacial score (nSPS) is 17.3. The average Bonchev–Trinajstić information content (AvgIpc) is 3.41. The molecule has 0 aliphatic carbocycles. The Balaban J connectivity index is 1.98. The molecule has 1 aliphatic rings. The number of rotatable bonds is 15. The molecule has 0 bridgehead atoms. The Hall–Kier alpha value is -3.51. The highest BCUT2D eigenvalue weighted by molar-refractivity contribution is 5.94. The zero-order chi connectivity index (χ0) is 28.9. The van der Waals surface area contributed by atoms with E-state index >= 15 is 0 Å². The van der Waals surface area contributed by atoms with E-state index in [1.165, 1.54) is 4.90 Å². The first-order chi connectivity index (χ1) is 18.5. The number of carbonyl (C=O) groups excluding carboxylic acids is 4. The fourth-order valence-corrected chi connectivity index (χ4v) is 4.38. The molecule has 1 aromatic rings. The number of amides is 4. The third-order valence-electron chi connectivity index (χ3n) is 6.79. The van der Waals surface area contributed by atoms with Crippen molar-refractivity contribution in [2.75, 3.05) is 19.6 Å². The molecule has 0 aromatic heterocycles. The van der Waals surface area contributed by atoms with Crippen LogP contribution in [-0.2, 0) is 30.4 Å². The van der Waals surface area contributed by atoms with Gasteiger partial charge in [0.2, 0.25) is 23.6 Å². The molecule has 4 atom stereocenters. The Labute approximate surface area is 229 Å². The van der Waals surface area contributed by atoms with E-state index in [4.69, 9.17) is 11.5 Å². The van der Waals surface area contributed by atoms with Crippen LogP contribution >= 0.6 is 0 Å². The Morgan fingerprint density at radius 3 is 2.33 bits per heavy atom. The summed E-state index contributed by atoms with van der Waals surface area (Å²) in [6, 6.07) is 5.30. The molecule has 0 radical (unpaired) electrons. The number of hydrogen-bond donors (Lipinski definition) is 6. The third kappa shape index (κ3) is 9.95. The van der Waals surface area contributed by atoms with Crippen molar-refractivity contribution < 1.29 is 29.1 Å². The Morgan fingerprint density at radius 1 is 1.03 bits per heavy atom. The summed E-state index contributed by atoms with van der Waals surface area (Å²) in [7, 11) is 0. The van der Waals surface area contributed by atoms with Gasteiger partial charge in [-0.3, -0.25) is 19.2 Å². The molecule has 0 unspecified atom stereocenters. The molecule has 0 saturated carbocycles. The largest absolute Gasteiger partial charge is 0.480 e. The van der Waals surface area contributed by atoms with Crippen LogP contribution in [0.5, 0.6) is 0 Å². The van der Waals surface area contributed by atoms with Crippen molar-refractivity contribution in [2.24, 2.45) is 17.4 Å². The average molecular weight is 547 g/mol. The Bertz CT molecular complexity index is 988. The van der Waals surface area contributed by atoms with Crippen molar-refractivity contribution in [3.63, 3.8) is 0 Å². The van der Waals surface area contributed by atoms with Crippen LogP contribution in [0.25, 0.3) is 0 Å². The maximum absolute atomic E-state index is 13.0. The van der Waals surface area contributed by atoms with Crippen molar-refractivity contribution >= 4 is 29.6 Å². The van der Waals surface area contributed by atoms with Crippen molar-refractivity contribution in [2.45, 2.75) is 76.5 Å². The lowest BCUT2D eigenvalue weighted by atomic mass is 10.0. The first-order valence-corrected chi connectivity index (χ1v) is 13.5. The highest BCUT2D eigenvalue weighted by atomic mass is 16.4. The van der Waals surface area contributed by atoms with Gasteiger partial charge in [-0.2, -0.15) is 0 Å². The maximum atomic E-state index is 13.0. The topological polar surface area (TPSA) is 197 Å². The van der Waals surface area contributed by atoms with E-state index in [1.54, 1.807) is 38.1 Å². The van der Waals surface area contributed by atoms with Crippen molar-refractivity contribution in [1.82, 2.24) is 20.9 Å². The quantitative estimate of drug-likeness (QED) is 0.158. The number of unbranched alkanes of at least 4 members (excludes halogenated alkanes) is 1. The SMILES string of the molecule is CC(C)[C@H](N)C(=O)N[C@@H](CCCCN)C(=O)NCC(=O)N1CCC[C@H]1C(=O)N[C@@H](Cc1ccccc1)C(=O)O. The summed E-state index contributed by atoms with van der Waals surface area (Å²) in [5, 5.41) is 17.4. The van der Waals surface area contributed by atoms with Gasteiger partial charge in [0.25, 0.3) is 0 Å². The number of likely N-dealkylation sites (tertiary alicyclic amines) is 1. The van der Waals surface area contributed by atoms with E-state index in [1.807, 2.05) is 6.07 Å². The van der Waals surface area contributed by atoms with E-state index in [0.29, 0.717) is 45.2 Å². The molecule has 8 N–H and O–H groups in total. The minimum Gasteiger partial charge on any atom is -0.480 e. The second-order valence-corrected chi connectivity index (χ2v) is 10.2. The van der Waals surface area contributed by atoms with E-state index in [0.717, 1.165) is 5.56 Å². The van der Waals surface area contributed by atoms with Crippen LogP contribution in [0.1, 0.15) is 51.5 Å². The fraction of sp³-hybridized carbons (Fsp3) is 0.593. The van der Waals surface area contributed by atoms with E-state index in [9.17, 15) is 29.1 Å². The summed E-state index contributed by atoms with van der Waals surface area (Å²) >= 11 is 0. The predicted octanol–water partition coefficient (Wildman–Crippen LogP) is -0.497. The number of hydrogen-bond acceptors (Lipinski definition) is 7. The number of aliphatic carboxylic acids is 1. The Morgan fingerprint density at radius 2 is 1.72 bits per heavy atom.